The minimum absolute atomic E-state index is 0.203. The van der Waals surface area contributed by atoms with Crippen LogP contribution in [0.1, 0.15) is 21.5 Å². The number of hydrogen-bond donors (Lipinski definition) is 1. The zero-order valence-corrected chi connectivity index (χ0v) is 12.2. The van der Waals surface area contributed by atoms with Crippen LogP contribution in [0.5, 0.6) is 0 Å². The van der Waals surface area contributed by atoms with Gasteiger partial charge in [0.05, 0.1) is 5.56 Å². The predicted molar refractivity (Wildman–Crippen MR) is 81.7 cm³/mol. The zero-order chi connectivity index (χ0) is 14.8. The molecule has 0 aliphatic heterocycles. The molecule has 0 saturated carbocycles. The average Bonchev–Trinajstić information content (AvgIpc) is 2.87. The third-order valence-electron chi connectivity index (χ3n) is 3.06. The van der Waals surface area contributed by atoms with Crippen molar-refractivity contribution in [3.8, 4) is 0 Å². The van der Waals surface area contributed by atoms with E-state index in [0.717, 1.165) is 5.75 Å². The summed E-state index contributed by atoms with van der Waals surface area (Å²) in [6, 6.07) is 13.0. The molecule has 1 aromatic heterocycles. The van der Waals surface area contributed by atoms with Crippen molar-refractivity contribution in [1.82, 2.24) is 4.98 Å². The first-order chi connectivity index (χ1) is 10.1. The Balaban J connectivity index is 1.80. The van der Waals surface area contributed by atoms with Crippen molar-refractivity contribution in [1.29, 1.82) is 0 Å². The topological polar surface area (TPSA) is 63.3 Å². The molecule has 0 atom stereocenters. The Labute approximate surface area is 125 Å². The van der Waals surface area contributed by atoms with Gasteiger partial charge in [0, 0.05) is 5.75 Å². The third kappa shape index (κ3) is 3.08. The van der Waals surface area contributed by atoms with E-state index in [-0.39, 0.29) is 5.56 Å². The molecule has 0 radical (unpaired) electrons. The first-order valence-electron chi connectivity index (χ1n) is 6.44. The van der Waals surface area contributed by atoms with Crippen molar-refractivity contribution in [3.63, 3.8) is 0 Å². The molecule has 0 amide bonds. The molecule has 0 unspecified atom stereocenters. The summed E-state index contributed by atoms with van der Waals surface area (Å²) in [6.07, 6.45) is 0. The summed E-state index contributed by atoms with van der Waals surface area (Å²) in [6.45, 7) is 2.06. The fraction of sp³-hybridized carbons (Fsp3) is 0.125. The number of rotatable bonds is 4. The fourth-order valence-corrected chi connectivity index (χ4v) is 2.83. The molecular formula is C16H13NO3S. The normalized spacial score (nSPS) is 10.9. The van der Waals surface area contributed by atoms with E-state index in [1.54, 1.807) is 6.07 Å². The van der Waals surface area contributed by atoms with Gasteiger partial charge in [0.2, 0.25) is 0 Å². The smallest absolute Gasteiger partial charge is 0.335 e. The molecule has 3 aromatic rings. The van der Waals surface area contributed by atoms with Gasteiger partial charge in [-0.2, -0.15) is 0 Å². The second-order valence-electron chi connectivity index (χ2n) is 4.75. The maximum Gasteiger partial charge on any atom is 0.335 e. The molecule has 0 aliphatic carbocycles. The molecule has 4 nitrogen and oxygen atoms in total. The van der Waals surface area contributed by atoms with E-state index in [2.05, 4.69) is 30.1 Å². The van der Waals surface area contributed by atoms with Gasteiger partial charge in [0.15, 0.2) is 5.58 Å². The number of aromatic nitrogens is 1. The first kappa shape index (κ1) is 13.7. The number of thioether (sulfide) groups is 1. The van der Waals surface area contributed by atoms with Crippen LogP contribution in [0.15, 0.2) is 52.1 Å². The Morgan fingerprint density at radius 2 is 2.14 bits per heavy atom. The van der Waals surface area contributed by atoms with E-state index < -0.39 is 5.97 Å². The Hall–Kier alpha value is -2.27. The molecule has 0 aliphatic rings. The molecule has 106 valence electrons. The summed E-state index contributed by atoms with van der Waals surface area (Å²) in [5.41, 5.74) is 3.80. The molecule has 0 fully saturated rings. The van der Waals surface area contributed by atoms with Crippen LogP contribution in [-0.2, 0) is 5.75 Å². The summed E-state index contributed by atoms with van der Waals surface area (Å²) >= 11 is 1.50. The van der Waals surface area contributed by atoms with Gasteiger partial charge >= 0.3 is 5.97 Å². The molecule has 2 aromatic carbocycles. The number of carboxylic acids is 1. The van der Waals surface area contributed by atoms with Gasteiger partial charge in [0.25, 0.3) is 5.22 Å². The lowest BCUT2D eigenvalue weighted by atomic mass is 10.2. The van der Waals surface area contributed by atoms with E-state index in [4.69, 9.17) is 9.52 Å². The minimum atomic E-state index is -0.970. The van der Waals surface area contributed by atoms with Crippen molar-refractivity contribution < 1.29 is 14.3 Å². The van der Waals surface area contributed by atoms with Crippen molar-refractivity contribution in [2.24, 2.45) is 0 Å². The van der Waals surface area contributed by atoms with Crippen LogP contribution in [0.3, 0.4) is 0 Å². The second-order valence-corrected chi connectivity index (χ2v) is 5.67. The largest absolute Gasteiger partial charge is 0.478 e. The highest BCUT2D eigenvalue weighted by atomic mass is 32.2. The van der Waals surface area contributed by atoms with Crippen molar-refractivity contribution in [2.45, 2.75) is 17.9 Å². The van der Waals surface area contributed by atoms with Crippen LogP contribution < -0.4 is 0 Å². The Bertz CT molecular complexity index is 810. The van der Waals surface area contributed by atoms with E-state index in [9.17, 15) is 4.79 Å². The van der Waals surface area contributed by atoms with Gasteiger partial charge in [-0.25, -0.2) is 9.78 Å². The van der Waals surface area contributed by atoms with Crippen LogP contribution in [0.4, 0.5) is 0 Å². The summed E-state index contributed by atoms with van der Waals surface area (Å²) < 4.78 is 5.60. The first-order valence-corrected chi connectivity index (χ1v) is 7.42. The summed E-state index contributed by atoms with van der Waals surface area (Å²) in [5, 5.41) is 9.51. The molecule has 0 spiro atoms. The number of aromatic carboxylic acids is 1. The lowest BCUT2D eigenvalue weighted by Gasteiger charge is -1.99. The second kappa shape index (κ2) is 5.61. The number of carboxylic acid groups (broad SMARTS) is 1. The highest BCUT2D eigenvalue weighted by molar-refractivity contribution is 7.98. The van der Waals surface area contributed by atoms with E-state index in [1.807, 2.05) is 6.07 Å². The lowest BCUT2D eigenvalue weighted by molar-refractivity contribution is 0.0697. The van der Waals surface area contributed by atoms with Crippen molar-refractivity contribution in [2.75, 3.05) is 0 Å². The lowest BCUT2D eigenvalue weighted by Crippen LogP contribution is -1.94. The summed E-state index contributed by atoms with van der Waals surface area (Å²) in [5.74, 6) is -0.206. The molecule has 5 heteroatoms. The number of nitrogens with zero attached hydrogens (tertiary/aromatic N) is 1. The number of benzene rings is 2. The van der Waals surface area contributed by atoms with Gasteiger partial charge in [-0.15, -0.1) is 0 Å². The number of fused-ring (bicyclic) bond motifs is 1. The molecule has 1 heterocycles. The van der Waals surface area contributed by atoms with Gasteiger partial charge in [0.1, 0.15) is 5.52 Å². The quantitative estimate of drug-likeness (QED) is 0.734. The highest BCUT2D eigenvalue weighted by Gasteiger charge is 2.10. The van der Waals surface area contributed by atoms with Crippen LogP contribution >= 0.6 is 11.8 Å². The van der Waals surface area contributed by atoms with E-state index in [0.29, 0.717) is 16.3 Å². The van der Waals surface area contributed by atoms with E-state index >= 15 is 0 Å². The monoisotopic (exact) mass is 299 g/mol. The Morgan fingerprint density at radius 1 is 1.29 bits per heavy atom. The molecule has 21 heavy (non-hydrogen) atoms. The average molecular weight is 299 g/mol. The van der Waals surface area contributed by atoms with Gasteiger partial charge in [-0.05, 0) is 30.7 Å². The number of oxazole rings is 1. The van der Waals surface area contributed by atoms with Crippen molar-refractivity contribution in [3.05, 3.63) is 59.2 Å². The molecule has 1 N–H and O–H groups in total. The standard InChI is InChI=1S/C16H13NO3S/c1-10-3-2-4-11(7-10)9-21-16-17-13-6-5-12(15(18)19)8-14(13)20-16/h2-8H,9H2,1H3,(H,18,19). The van der Waals surface area contributed by atoms with Gasteiger partial charge in [-0.3, -0.25) is 0 Å². The van der Waals surface area contributed by atoms with Crippen LogP contribution in [-0.4, -0.2) is 16.1 Å². The molecule has 3 rings (SSSR count). The van der Waals surface area contributed by atoms with Crippen LogP contribution in [0.25, 0.3) is 11.1 Å². The maximum absolute atomic E-state index is 10.9. The Kier molecular flexibility index (Phi) is 3.66. The Morgan fingerprint density at radius 3 is 2.90 bits per heavy atom. The van der Waals surface area contributed by atoms with E-state index in [1.165, 1.54) is 35.0 Å². The SMILES string of the molecule is Cc1cccc(CSc2nc3ccc(C(=O)O)cc3o2)c1. The number of hydrogen-bond acceptors (Lipinski definition) is 4. The van der Waals surface area contributed by atoms with Crippen molar-refractivity contribution >= 4 is 28.8 Å². The highest BCUT2D eigenvalue weighted by Crippen LogP contribution is 2.27. The summed E-state index contributed by atoms with van der Waals surface area (Å²) in [7, 11) is 0. The fourth-order valence-electron chi connectivity index (χ4n) is 2.05. The minimum Gasteiger partial charge on any atom is -0.478 e. The molecule has 0 bridgehead atoms. The number of aryl methyl sites for hydroxylation is 1. The van der Waals surface area contributed by atoms with Gasteiger partial charge < -0.3 is 9.52 Å². The zero-order valence-electron chi connectivity index (χ0n) is 11.4. The number of carbonyl (C=O) groups is 1. The summed E-state index contributed by atoms with van der Waals surface area (Å²) in [4.78, 5) is 15.3. The third-order valence-corrected chi connectivity index (χ3v) is 3.96. The molecule has 0 saturated heterocycles. The maximum atomic E-state index is 10.9. The molecular weight excluding hydrogens is 286 g/mol. The van der Waals surface area contributed by atoms with Gasteiger partial charge in [-0.1, -0.05) is 41.6 Å². The predicted octanol–water partition coefficient (Wildman–Crippen LogP) is 4.13. The van der Waals surface area contributed by atoms with Crippen LogP contribution in [0, 0.1) is 6.92 Å². The van der Waals surface area contributed by atoms with Crippen LogP contribution in [0.2, 0.25) is 0 Å².